The molecule has 0 unspecified atom stereocenters. The van der Waals surface area contributed by atoms with E-state index in [9.17, 15) is 9.90 Å². The van der Waals surface area contributed by atoms with Crippen molar-refractivity contribution in [3.05, 3.63) is 54.0 Å². The minimum atomic E-state index is -0.939. The van der Waals surface area contributed by atoms with Gasteiger partial charge in [0, 0.05) is 38.1 Å². The van der Waals surface area contributed by atoms with Crippen molar-refractivity contribution in [1.82, 2.24) is 14.9 Å². The third-order valence-electron chi connectivity index (χ3n) is 4.69. The van der Waals surface area contributed by atoms with Crippen molar-refractivity contribution in [3.63, 3.8) is 0 Å². The highest BCUT2D eigenvalue weighted by molar-refractivity contribution is 5.94. The monoisotopic (exact) mass is 340 g/mol. The molecule has 1 atom stereocenters. The molecule has 1 fully saturated rings. The number of aryl methyl sites for hydroxylation is 1. The standard InChI is InChI=1S/C19H24N4O2/c1-3-15-4-6-16(7-5-15)18(24)22(2)13-19(25)8-11-23(14-19)17-12-20-9-10-21-17/h4-7,9-10,12,25H,3,8,11,13-14H2,1-2H3/t19-/m1/s1. The summed E-state index contributed by atoms with van der Waals surface area (Å²) >= 11 is 0. The van der Waals surface area contributed by atoms with Crippen molar-refractivity contribution in [1.29, 1.82) is 0 Å². The van der Waals surface area contributed by atoms with Crippen LogP contribution in [0.1, 0.15) is 29.3 Å². The van der Waals surface area contributed by atoms with E-state index in [1.54, 1.807) is 30.5 Å². The molecule has 0 aliphatic carbocycles. The van der Waals surface area contributed by atoms with Gasteiger partial charge in [-0.1, -0.05) is 19.1 Å². The zero-order valence-electron chi connectivity index (χ0n) is 14.7. The van der Waals surface area contributed by atoms with Crippen LogP contribution in [-0.2, 0) is 6.42 Å². The van der Waals surface area contributed by atoms with E-state index in [2.05, 4.69) is 16.9 Å². The van der Waals surface area contributed by atoms with Crippen molar-refractivity contribution in [3.8, 4) is 0 Å². The van der Waals surface area contributed by atoms with Crippen LogP contribution in [-0.4, -0.2) is 58.2 Å². The quantitative estimate of drug-likeness (QED) is 0.898. The van der Waals surface area contributed by atoms with Gasteiger partial charge in [0.05, 0.1) is 12.7 Å². The average molecular weight is 340 g/mol. The number of hydrogen-bond acceptors (Lipinski definition) is 5. The van der Waals surface area contributed by atoms with E-state index in [4.69, 9.17) is 0 Å². The summed E-state index contributed by atoms with van der Waals surface area (Å²) in [5, 5.41) is 10.9. The topological polar surface area (TPSA) is 69.6 Å². The zero-order valence-corrected chi connectivity index (χ0v) is 14.7. The third kappa shape index (κ3) is 3.96. The molecule has 1 saturated heterocycles. The SMILES string of the molecule is CCc1ccc(C(=O)N(C)C[C@]2(O)CCN(c3cnccn3)C2)cc1. The second-order valence-electron chi connectivity index (χ2n) is 6.67. The first kappa shape index (κ1) is 17.4. The van der Waals surface area contributed by atoms with Crippen LogP contribution in [0.15, 0.2) is 42.9 Å². The molecule has 1 aromatic heterocycles. The molecule has 6 heteroatoms. The van der Waals surface area contributed by atoms with Gasteiger partial charge in [-0.3, -0.25) is 9.78 Å². The van der Waals surface area contributed by atoms with Crippen molar-refractivity contribution in [2.24, 2.45) is 0 Å². The lowest BCUT2D eigenvalue weighted by atomic mass is 10.0. The fraction of sp³-hybridized carbons (Fsp3) is 0.421. The number of benzene rings is 1. The number of nitrogens with zero attached hydrogens (tertiary/aromatic N) is 4. The molecule has 1 amide bonds. The van der Waals surface area contributed by atoms with Gasteiger partial charge in [-0.05, 0) is 30.5 Å². The van der Waals surface area contributed by atoms with Gasteiger partial charge in [-0.2, -0.15) is 0 Å². The maximum absolute atomic E-state index is 12.6. The van der Waals surface area contributed by atoms with Crippen LogP contribution < -0.4 is 4.90 Å². The molecule has 0 bridgehead atoms. The van der Waals surface area contributed by atoms with Gasteiger partial charge in [-0.15, -0.1) is 0 Å². The minimum Gasteiger partial charge on any atom is -0.386 e. The molecular formula is C19H24N4O2. The van der Waals surface area contributed by atoms with Crippen LogP contribution in [0.25, 0.3) is 0 Å². The number of aliphatic hydroxyl groups is 1. The Bertz CT molecular complexity index is 720. The molecule has 2 aromatic rings. The smallest absolute Gasteiger partial charge is 0.253 e. The first-order chi connectivity index (χ1) is 12.0. The van der Waals surface area contributed by atoms with Crippen molar-refractivity contribution in [2.45, 2.75) is 25.4 Å². The van der Waals surface area contributed by atoms with E-state index in [1.807, 2.05) is 29.2 Å². The Labute approximate surface area is 148 Å². The lowest BCUT2D eigenvalue weighted by molar-refractivity contribution is 0.0264. The van der Waals surface area contributed by atoms with Crippen LogP contribution in [0.3, 0.4) is 0 Å². The Morgan fingerprint density at radius 3 is 2.72 bits per heavy atom. The number of amides is 1. The predicted molar refractivity (Wildman–Crippen MR) is 96.6 cm³/mol. The first-order valence-corrected chi connectivity index (χ1v) is 8.58. The number of likely N-dealkylation sites (N-methyl/N-ethyl adjacent to an activating group) is 1. The molecule has 1 aliphatic rings. The second kappa shape index (κ2) is 7.19. The summed E-state index contributed by atoms with van der Waals surface area (Å²) in [6.07, 6.45) is 6.50. The molecule has 0 saturated carbocycles. The molecule has 0 radical (unpaired) electrons. The Morgan fingerprint density at radius 1 is 1.32 bits per heavy atom. The van der Waals surface area contributed by atoms with E-state index in [1.165, 1.54) is 5.56 Å². The molecule has 1 aromatic carbocycles. The average Bonchev–Trinajstić information content (AvgIpc) is 3.03. The minimum absolute atomic E-state index is 0.0750. The number of hydrogen-bond donors (Lipinski definition) is 1. The van der Waals surface area contributed by atoms with Crippen LogP contribution >= 0.6 is 0 Å². The summed E-state index contributed by atoms with van der Waals surface area (Å²) in [7, 11) is 1.74. The third-order valence-corrected chi connectivity index (χ3v) is 4.69. The summed E-state index contributed by atoms with van der Waals surface area (Å²) in [5.41, 5.74) is 0.908. The Hall–Kier alpha value is -2.47. The van der Waals surface area contributed by atoms with Gasteiger partial charge in [0.15, 0.2) is 0 Å². The van der Waals surface area contributed by atoms with Gasteiger partial charge in [0.1, 0.15) is 11.4 Å². The summed E-state index contributed by atoms with van der Waals surface area (Å²) in [5.74, 6) is 0.677. The van der Waals surface area contributed by atoms with Crippen molar-refractivity contribution >= 4 is 11.7 Å². The molecule has 1 N–H and O–H groups in total. The summed E-state index contributed by atoms with van der Waals surface area (Å²) in [6, 6.07) is 7.65. The van der Waals surface area contributed by atoms with E-state index < -0.39 is 5.60 Å². The van der Waals surface area contributed by atoms with Crippen LogP contribution in [0, 0.1) is 0 Å². The van der Waals surface area contributed by atoms with Crippen LogP contribution in [0.2, 0.25) is 0 Å². The number of β-amino-alcohol motifs (C(OH)–C–C–N with tert-alkyl or cyclic N) is 1. The number of carbonyl (C=O) groups is 1. The van der Waals surface area contributed by atoms with Crippen LogP contribution in [0.5, 0.6) is 0 Å². The maximum Gasteiger partial charge on any atom is 0.253 e. The molecule has 3 rings (SSSR count). The number of anilines is 1. The molecular weight excluding hydrogens is 316 g/mol. The highest BCUT2D eigenvalue weighted by Gasteiger charge is 2.38. The van der Waals surface area contributed by atoms with E-state index in [-0.39, 0.29) is 12.5 Å². The second-order valence-corrected chi connectivity index (χ2v) is 6.67. The van der Waals surface area contributed by atoms with Gasteiger partial charge in [0.25, 0.3) is 5.91 Å². The molecule has 25 heavy (non-hydrogen) atoms. The molecule has 2 heterocycles. The Kier molecular flexibility index (Phi) is 4.99. The van der Waals surface area contributed by atoms with Crippen LogP contribution in [0.4, 0.5) is 5.82 Å². The van der Waals surface area contributed by atoms with Gasteiger partial charge in [0.2, 0.25) is 0 Å². The Balaban J connectivity index is 1.63. The first-order valence-electron chi connectivity index (χ1n) is 8.58. The van der Waals surface area contributed by atoms with Gasteiger partial charge < -0.3 is 14.9 Å². The largest absolute Gasteiger partial charge is 0.386 e. The maximum atomic E-state index is 12.6. The number of carbonyl (C=O) groups excluding carboxylic acids is 1. The molecule has 1 aliphatic heterocycles. The Morgan fingerprint density at radius 2 is 2.08 bits per heavy atom. The highest BCUT2D eigenvalue weighted by Crippen LogP contribution is 2.26. The lowest BCUT2D eigenvalue weighted by Gasteiger charge is -2.29. The number of aromatic nitrogens is 2. The van der Waals surface area contributed by atoms with Crippen molar-refractivity contribution in [2.75, 3.05) is 31.6 Å². The van der Waals surface area contributed by atoms with Crippen molar-refractivity contribution < 1.29 is 9.90 Å². The summed E-state index contributed by atoms with van der Waals surface area (Å²) in [4.78, 5) is 24.6. The highest BCUT2D eigenvalue weighted by atomic mass is 16.3. The fourth-order valence-corrected chi connectivity index (χ4v) is 3.25. The van der Waals surface area contributed by atoms with E-state index in [0.717, 1.165) is 12.2 Å². The van der Waals surface area contributed by atoms with E-state index in [0.29, 0.717) is 25.1 Å². The lowest BCUT2D eigenvalue weighted by Crippen LogP contribution is -2.45. The molecule has 6 nitrogen and oxygen atoms in total. The van der Waals surface area contributed by atoms with E-state index >= 15 is 0 Å². The normalized spacial score (nSPS) is 19.9. The predicted octanol–water partition coefficient (Wildman–Crippen LogP) is 1.75. The summed E-state index contributed by atoms with van der Waals surface area (Å²) < 4.78 is 0. The summed E-state index contributed by atoms with van der Waals surface area (Å²) in [6.45, 7) is 3.51. The molecule has 132 valence electrons. The fourth-order valence-electron chi connectivity index (χ4n) is 3.25. The molecule has 0 spiro atoms. The van der Waals surface area contributed by atoms with Gasteiger partial charge >= 0.3 is 0 Å². The van der Waals surface area contributed by atoms with Gasteiger partial charge in [-0.25, -0.2) is 4.98 Å². The zero-order chi connectivity index (χ0) is 17.9. The number of rotatable bonds is 5.